The fourth-order valence-electron chi connectivity index (χ4n) is 1.74. The number of hydrogen-bond donors (Lipinski definition) is 1. The molecule has 0 radical (unpaired) electrons. The first-order valence-electron chi connectivity index (χ1n) is 6.19. The number of nitrogens with zero attached hydrogens (tertiary/aromatic N) is 1. The van der Waals surface area contributed by atoms with E-state index in [1.165, 1.54) is 12.1 Å². The van der Waals surface area contributed by atoms with Crippen molar-refractivity contribution in [1.82, 2.24) is 4.98 Å². The summed E-state index contributed by atoms with van der Waals surface area (Å²) < 4.78 is 76.4. The van der Waals surface area contributed by atoms with E-state index < -0.39 is 35.1 Å². The Morgan fingerprint density at radius 2 is 1.50 bits per heavy atom. The van der Waals surface area contributed by atoms with Crippen LogP contribution in [0.25, 0.3) is 0 Å². The van der Waals surface area contributed by atoms with Crippen molar-refractivity contribution in [3.8, 4) is 0 Å². The summed E-state index contributed by atoms with van der Waals surface area (Å²) in [6, 6.07) is 3.28. The molecule has 24 heavy (non-hydrogen) atoms. The van der Waals surface area contributed by atoms with Gasteiger partial charge in [0.2, 0.25) is 0 Å². The fraction of sp³-hybridized carbons (Fsp3) is 0.143. The topological polar surface area (TPSA) is 42.0 Å². The van der Waals surface area contributed by atoms with Crippen LogP contribution in [-0.4, -0.2) is 10.9 Å². The number of benzene rings is 1. The highest BCUT2D eigenvalue weighted by Crippen LogP contribution is 2.37. The van der Waals surface area contributed by atoms with Crippen LogP contribution in [0.15, 0.2) is 36.5 Å². The summed E-state index contributed by atoms with van der Waals surface area (Å²) in [5.74, 6) is -0.924. The summed E-state index contributed by atoms with van der Waals surface area (Å²) in [5.41, 5.74) is -3.77. The molecule has 0 atom stereocenters. The van der Waals surface area contributed by atoms with Gasteiger partial charge in [0.15, 0.2) is 0 Å². The first-order chi connectivity index (χ1) is 11.0. The summed E-state index contributed by atoms with van der Waals surface area (Å²) >= 11 is 5.53. The predicted molar refractivity (Wildman–Crippen MR) is 73.6 cm³/mol. The van der Waals surface area contributed by atoms with Crippen molar-refractivity contribution in [2.45, 2.75) is 12.4 Å². The quantitative estimate of drug-likeness (QED) is 0.597. The Bertz CT molecular complexity index is 723. The van der Waals surface area contributed by atoms with Crippen LogP contribution >= 0.6 is 11.6 Å². The van der Waals surface area contributed by atoms with Crippen LogP contribution in [0.4, 0.5) is 32.0 Å². The van der Waals surface area contributed by atoms with Crippen molar-refractivity contribution in [1.29, 1.82) is 0 Å². The summed E-state index contributed by atoms with van der Waals surface area (Å²) in [5, 5.41) is 2.05. The highest BCUT2D eigenvalue weighted by molar-refractivity contribution is 6.29. The number of aromatic nitrogens is 1. The van der Waals surface area contributed by atoms with E-state index in [1.807, 2.05) is 5.32 Å². The lowest BCUT2D eigenvalue weighted by Crippen LogP contribution is -2.16. The first kappa shape index (κ1) is 18.1. The predicted octanol–water partition coefficient (Wildman–Crippen LogP) is 5.02. The zero-order valence-electron chi connectivity index (χ0n) is 11.5. The summed E-state index contributed by atoms with van der Waals surface area (Å²) in [6.45, 7) is 0. The van der Waals surface area contributed by atoms with E-state index >= 15 is 0 Å². The molecule has 0 aliphatic rings. The van der Waals surface area contributed by atoms with E-state index in [1.54, 1.807) is 0 Å². The number of hydrogen-bond acceptors (Lipinski definition) is 2. The van der Waals surface area contributed by atoms with Crippen LogP contribution in [0, 0.1) is 0 Å². The van der Waals surface area contributed by atoms with Gasteiger partial charge in [-0.1, -0.05) is 11.6 Å². The molecule has 1 amide bonds. The SMILES string of the molecule is O=C(Nc1cc(C(F)(F)F)cc(C(F)(F)F)c1)c1ccc(Cl)nc1. The number of rotatable bonds is 2. The van der Waals surface area contributed by atoms with Crippen LogP contribution in [0.3, 0.4) is 0 Å². The third kappa shape index (κ3) is 4.38. The molecule has 3 nitrogen and oxygen atoms in total. The number of carbonyl (C=O) groups excluding carboxylic acids is 1. The standard InChI is InChI=1S/C14H7ClF6N2O/c15-11-2-1-7(6-22-11)12(24)23-10-4-8(13(16,17)18)3-9(5-10)14(19,20)21/h1-6H,(H,23,24). The van der Waals surface area contributed by atoms with Gasteiger partial charge in [-0.25, -0.2) is 4.98 Å². The maximum atomic E-state index is 12.7. The minimum Gasteiger partial charge on any atom is -0.322 e. The molecule has 0 bridgehead atoms. The van der Waals surface area contributed by atoms with Gasteiger partial charge in [-0.3, -0.25) is 4.79 Å². The molecule has 1 N–H and O–H groups in total. The van der Waals surface area contributed by atoms with Gasteiger partial charge in [0.25, 0.3) is 5.91 Å². The van der Waals surface area contributed by atoms with Gasteiger partial charge in [-0.15, -0.1) is 0 Å². The van der Waals surface area contributed by atoms with E-state index in [9.17, 15) is 31.1 Å². The highest BCUT2D eigenvalue weighted by atomic mass is 35.5. The number of nitrogens with one attached hydrogen (secondary N) is 1. The molecule has 1 aromatic carbocycles. The van der Waals surface area contributed by atoms with Crippen LogP contribution < -0.4 is 5.32 Å². The lowest BCUT2D eigenvalue weighted by molar-refractivity contribution is -0.143. The van der Waals surface area contributed by atoms with Crippen molar-refractivity contribution in [2.75, 3.05) is 5.32 Å². The van der Waals surface area contributed by atoms with Gasteiger partial charge in [0.1, 0.15) is 5.15 Å². The van der Waals surface area contributed by atoms with E-state index in [4.69, 9.17) is 11.6 Å². The first-order valence-corrected chi connectivity index (χ1v) is 6.57. The van der Waals surface area contributed by atoms with Crippen molar-refractivity contribution < 1.29 is 31.1 Å². The molecule has 0 spiro atoms. The largest absolute Gasteiger partial charge is 0.416 e. The molecule has 1 heterocycles. The van der Waals surface area contributed by atoms with Crippen LogP contribution in [-0.2, 0) is 12.4 Å². The van der Waals surface area contributed by atoms with E-state index in [2.05, 4.69) is 4.98 Å². The second-order valence-electron chi connectivity index (χ2n) is 4.62. The van der Waals surface area contributed by atoms with Gasteiger partial charge in [0, 0.05) is 11.9 Å². The summed E-state index contributed by atoms with van der Waals surface area (Å²) in [7, 11) is 0. The number of anilines is 1. The lowest BCUT2D eigenvalue weighted by atomic mass is 10.1. The third-order valence-electron chi connectivity index (χ3n) is 2.84. The highest BCUT2D eigenvalue weighted by Gasteiger charge is 2.37. The van der Waals surface area contributed by atoms with E-state index in [-0.39, 0.29) is 16.8 Å². The minimum atomic E-state index is -5.00. The van der Waals surface area contributed by atoms with Crippen LogP contribution in [0.5, 0.6) is 0 Å². The fourth-order valence-corrected chi connectivity index (χ4v) is 1.85. The smallest absolute Gasteiger partial charge is 0.322 e. The number of pyridine rings is 1. The molecule has 0 aliphatic carbocycles. The molecule has 0 fully saturated rings. The van der Waals surface area contributed by atoms with Crippen molar-refractivity contribution >= 4 is 23.2 Å². The molecule has 10 heteroatoms. The Kier molecular flexibility index (Phi) is 4.75. The molecule has 0 saturated heterocycles. The van der Waals surface area contributed by atoms with Crippen molar-refractivity contribution in [3.05, 3.63) is 58.4 Å². The van der Waals surface area contributed by atoms with Crippen molar-refractivity contribution in [3.63, 3.8) is 0 Å². The number of alkyl halides is 6. The maximum Gasteiger partial charge on any atom is 0.416 e. The maximum absolute atomic E-state index is 12.7. The van der Waals surface area contributed by atoms with Gasteiger partial charge < -0.3 is 5.32 Å². The molecule has 1 aromatic heterocycles. The Morgan fingerprint density at radius 3 is 1.92 bits per heavy atom. The second kappa shape index (κ2) is 6.31. The Labute approximate surface area is 136 Å². The van der Waals surface area contributed by atoms with Gasteiger partial charge in [-0.05, 0) is 30.3 Å². The number of halogens is 7. The summed E-state index contributed by atoms with van der Waals surface area (Å²) in [6.07, 6.45) is -8.96. The average Bonchev–Trinajstić information content (AvgIpc) is 2.45. The molecule has 2 aromatic rings. The molecular weight excluding hydrogens is 362 g/mol. The zero-order valence-corrected chi connectivity index (χ0v) is 12.2. The Hall–Kier alpha value is -2.29. The van der Waals surface area contributed by atoms with Gasteiger partial charge >= 0.3 is 12.4 Å². The Morgan fingerprint density at radius 1 is 0.958 bits per heavy atom. The molecular formula is C14H7ClF6N2O. The molecule has 0 saturated carbocycles. The molecule has 0 aliphatic heterocycles. The van der Waals surface area contributed by atoms with Crippen LogP contribution in [0.1, 0.15) is 21.5 Å². The molecule has 0 unspecified atom stereocenters. The molecule has 128 valence electrons. The zero-order chi connectivity index (χ0) is 18.1. The monoisotopic (exact) mass is 368 g/mol. The van der Waals surface area contributed by atoms with Gasteiger partial charge in [-0.2, -0.15) is 26.3 Å². The third-order valence-corrected chi connectivity index (χ3v) is 3.06. The second-order valence-corrected chi connectivity index (χ2v) is 5.01. The van der Waals surface area contributed by atoms with Gasteiger partial charge in [0.05, 0.1) is 16.7 Å². The number of carbonyl (C=O) groups is 1. The lowest BCUT2D eigenvalue weighted by Gasteiger charge is -2.14. The van der Waals surface area contributed by atoms with Crippen LogP contribution in [0.2, 0.25) is 5.15 Å². The van der Waals surface area contributed by atoms with E-state index in [0.29, 0.717) is 12.1 Å². The number of amides is 1. The average molecular weight is 369 g/mol. The Balaban J connectivity index is 2.38. The van der Waals surface area contributed by atoms with Crippen molar-refractivity contribution in [2.24, 2.45) is 0 Å². The normalized spacial score (nSPS) is 12.1. The van der Waals surface area contributed by atoms with E-state index in [0.717, 1.165) is 6.20 Å². The molecule has 2 rings (SSSR count). The summed E-state index contributed by atoms with van der Waals surface area (Å²) in [4.78, 5) is 15.5. The minimum absolute atomic E-state index is 0.0283.